The number of rotatable bonds is 6. The molecule has 2 aromatic heterocycles. The summed E-state index contributed by atoms with van der Waals surface area (Å²) < 4.78 is 5.59. The van der Waals surface area contributed by atoms with E-state index in [2.05, 4.69) is 49.4 Å². The van der Waals surface area contributed by atoms with Gasteiger partial charge in [0.2, 0.25) is 5.89 Å². The number of aromatic nitrogens is 2. The van der Waals surface area contributed by atoms with Crippen LogP contribution >= 0.6 is 0 Å². The largest absolute Gasteiger partial charge is 0.447 e. The van der Waals surface area contributed by atoms with Crippen LogP contribution in [0.5, 0.6) is 0 Å². The quantitative estimate of drug-likeness (QED) is 0.664. The first-order chi connectivity index (χ1) is 15.2. The van der Waals surface area contributed by atoms with Crippen LogP contribution in [-0.2, 0) is 25.9 Å². The Hall–Kier alpha value is -3.03. The first-order valence-electron chi connectivity index (χ1n) is 10.9. The lowest BCUT2D eigenvalue weighted by atomic mass is 10.1. The van der Waals surface area contributed by atoms with Crippen molar-refractivity contribution in [3.05, 3.63) is 77.3 Å². The molecule has 7 nitrogen and oxygen atoms in total. The molecule has 0 bridgehead atoms. The SMILES string of the molecule is O=C(Nc1ccc2c(c1)CCC2)c1coc(CN2CCN(Cc3ccncc3)CC2)n1. The number of carbonyl (C=O) groups excluding carboxylic acids is 1. The molecule has 1 saturated heterocycles. The molecule has 5 rings (SSSR count). The van der Waals surface area contributed by atoms with E-state index in [1.807, 2.05) is 18.5 Å². The highest BCUT2D eigenvalue weighted by molar-refractivity contribution is 6.02. The lowest BCUT2D eigenvalue weighted by molar-refractivity contribution is 0.102. The van der Waals surface area contributed by atoms with E-state index in [1.54, 1.807) is 0 Å². The Morgan fingerprint density at radius 1 is 0.968 bits per heavy atom. The third-order valence-corrected chi connectivity index (χ3v) is 6.12. The average Bonchev–Trinajstić information content (AvgIpc) is 3.45. The van der Waals surface area contributed by atoms with Crippen LogP contribution in [-0.4, -0.2) is 51.9 Å². The van der Waals surface area contributed by atoms with E-state index in [-0.39, 0.29) is 5.91 Å². The minimum Gasteiger partial charge on any atom is -0.447 e. The van der Waals surface area contributed by atoms with Gasteiger partial charge in [-0.15, -0.1) is 0 Å². The molecule has 1 aliphatic carbocycles. The fourth-order valence-corrected chi connectivity index (χ4v) is 4.38. The maximum Gasteiger partial charge on any atom is 0.277 e. The summed E-state index contributed by atoms with van der Waals surface area (Å²) in [5.41, 5.74) is 5.16. The summed E-state index contributed by atoms with van der Waals surface area (Å²) in [6, 6.07) is 10.3. The van der Waals surface area contributed by atoms with E-state index >= 15 is 0 Å². The lowest BCUT2D eigenvalue weighted by Crippen LogP contribution is -2.45. The van der Waals surface area contributed by atoms with E-state index in [0.717, 1.165) is 51.3 Å². The number of nitrogens with zero attached hydrogens (tertiary/aromatic N) is 4. The van der Waals surface area contributed by atoms with Crippen molar-refractivity contribution in [2.24, 2.45) is 0 Å². The van der Waals surface area contributed by atoms with Crippen LogP contribution in [0.1, 0.15) is 39.5 Å². The van der Waals surface area contributed by atoms with Crippen molar-refractivity contribution in [3.8, 4) is 0 Å². The highest BCUT2D eigenvalue weighted by Crippen LogP contribution is 2.25. The van der Waals surface area contributed by atoms with E-state index in [4.69, 9.17) is 4.42 Å². The second kappa shape index (κ2) is 8.99. The number of fused-ring (bicyclic) bond motifs is 1. The summed E-state index contributed by atoms with van der Waals surface area (Å²) >= 11 is 0. The summed E-state index contributed by atoms with van der Waals surface area (Å²) in [4.78, 5) is 25.8. The number of nitrogens with one attached hydrogen (secondary N) is 1. The number of amides is 1. The topological polar surface area (TPSA) is 74.5 Å². The maximum atomic E-state index is 12.6. The third kappa shape index (κ3) is 4.84. The zero-order valence-electron chi connectivity index (χ0n) is 17.6. The van der Waals surface area contributed by atoms with E-state index < -0.39 is 0 Å². The minimum absolute atomic E-state index is 0.227. The highest BCUT2D eigenvalue weighted by Gasteiger charge is 2.20. The molecule has 1 amide bonds. The van der Waals surface area contributed by atoms with Gasteiger partial charge in [0, 0.05) is 50.8 Å². The van der Waals surface area contributed by atoms with Gasteiger partial charge in [-0.05, 0) is 60.2 Å². The van der Waals surface area contributed by atoms with Crippen molar-refractivity contribution in [1.29, 1.82) is 0 Å². The summed E-state index contributed by atoms with van der Waals surface area (Å²) in [5.74, 6) is 0.358. The van der Waals surface area contributed by atoms with Crippen molar-refractivity contribution in [2.45, 2.75) is 32.4 Å². The first-order valence-corrected chi connectivity index (χ1v) is 10.9. The molecule has 0 spiro atoms. The number of hydrogen-bond donors (Lipinski definition) is 1. The number of pyridine rings is 1. The molecule has 3 heterocycles. The number of carbonyl (C=O) groups is 1. The van der Waals surface area contributed by atoms with Crippen LogP contribution in [0.15, 0.2) is 53.4 Å². The second-order valence-electron chi connectivity index (χ2n) is 8.33. The fourth-order valence-electron chi connectivity index (χ4n) is 4.38. The van der Waals surface area contributed by atoms with Crippen LogP contribution in [0.4, 0.5) is 5.69 Å². The van der Waals surface area contributed by atoms with Crippen LogP contribution < -0.4 is 5.32 Å². The maximum absolute atomic E-state index is 12.6. The van der Waals surface area contributed by atoms with Gasteiger partial charge in [0.05, 0.1) is 6.54 Å². The van der Waals surface area contributed by atoms with Gasteiger partial charge in [0.25, 0.3) is 5.91 Å². The van der Waals surface area contributed by atoms with E-state index in [9.17, 15) is 4.79 Å². The fraction of sp³-hybridized carbons (Fsp3) is 0.375. The number of anilines is 1. The smallest absolute Gasteiger partial charge is 0.277 e. The lowest BCUT2D eigenvalue weighted by Gasteiger charge is -2.33. The Balaban J connectivity index is 1.12. The summed E-state index contributed by atoms with van der Waals surface area (Å²) in [5, 5.41) is 2.95. The summed E-state index contributed by atoms with van der Waals surface area (Å²) in [6.07, 6.45) is 8.55. The molecule has 0 atom stereocenters. The Labute approximate surface area is 182 Å². The van der Waals surface area contributed by atoms with Gasteiger partial charge < -0.3 is 9.73 Å². The molecule has 0 radical (unpaired) electrons. The van der Waals surface area contributed by atoms with Crippen LogP contribution in [0.25, 0.3) is 0 Å². The summed E-state index contributed by atoms with van der Waals surface area (Å²) in [6.45, 7) is 5.45. The van der Waals surface area contributed by atoms with Gasteiger partial charge in [-0.3, -0.25) is 19.6 Å². The molecule has 7 heteroatoms. The summed E-state index contributed by atoms with van der Waals surface area (Å²) in [7, 11) is 0. The van der Waals surface area contributed by atoms with Crippen molar-refractivity contribution < 1.29 is 9.21 Å². The average molecular weight is 418 g/mol. The number of benzene rings is 1. The van der Waals surface area contributed by atoms with Gasteiger partial charge in [0.15, 0.2) is 5.69 Å². The van der Waals surface area contributed by atoms with Crippen molar-refractivity contribution in [1.82, 2.24) is 19.8 Å². The molecule has 0 unspecified atom stereocenters. The zero-order chi connectivity index (χ0) is 21.0. The number of aryl methyl sites for hydroxylation is 2. The molecule has 3 aromatic rings. The third-order valence-electron chi connectivity index (χ3n) is 6.12. The Morgan fingerprint density at radius 2 is 1.71 bits per heavy atom. The second-order valence-corrected chi connectivity index (χ2v) is 8.33. The van der Waals surface area contributed by atoms with E-state index in [0.29, 0.717) is 18.1 Å². The normalized spacial score (nSPS) is 16.9. The van der Waals surface area contributed by atoms with Crippen molar-refractivity contribution in [3.63, 3.8) is 0 Å². The predicted molar refractivity (Wildman–Crippen MR) is 118 cm³/mol. The first kappa shape index (κ1) is 19.9. The van der Waals surface area contributed by atoms with Crippen LogP contribution in [0.2, 0.25) is 0 Å². The molecule has 160 valence electrons. The van der Waals surface area contributed by atoms with Crippen LogP contribution in [0, 0.1) is 0 Å². The molecular formula is C24H27N5O2. The molecule has 1 N–H and O–H groups in total. The molecule has 1 fully saturated rings. The van der Waals surface area contributed by atoms with Crippen molar-refractivity contribution >= 4 is 11.6 Å². The van der Waals surface area contributed by atoms with Gasteiger partial charge >= 0.3 is 0 Å². The molecule has 1 aliphatic heterocycles. The Bertz CT molecular complexity index is 1040. The molecule has 1 aromatic carbocycles. The number of piperazine rings is 1. The molecule has 31 heavy (non-hydrogen) atoms. The molecular weight excluding hydrogens is 390 g/mol. The van der Waals surface area contributed by atoms with Crippen LogP contribution in [0.3, 0.4) is 0 Å². The van der Waals surface area contributed by atoms with Gasteiger partial charge in [0.1, 0.15) is 6.26 Å². The van der Waals surface area contributed by atoms with Crippen molar-refractivity contribution in [2.75, 3.05) is 31.5 Å². The standard InChI is InChI=1S/C24H27N5O2/c30-24(26-21-5-4-19-2-1-3-20(19)14-21)22-17-31-23(27-22)16-29-12-10-28(11-13-29)15-18-6-8-25-9-7-18/h4-9,14,17H,1-3,10-13,15-16H2,(H,26,30). The molecule has 0 saturated carbocycles. The minimum atomic E-state index is -0.227. The van der Waals surface area contributed by atoms with Gasteiger partial charge in [-0.2, -0.15) is 0 Å². The monoisotopic (exact) mass is 417 g/mol. The predicted octanol–water partition coefficient (Wildman–Crippen LogP) is 3.13. The zero-order valence-corrected chi connectivity index (χ0v) is 17.6. The number of hydrogen-bond acceptors (Lipinski definition) is 6. The highest BCUT2D eigenvalue weighted by atomic mass is 16.3. The number of oxazole rings is 1. The Kier molecular flexibility index (Phi) is 5.78. The van der Waals surface area contributed by atoms with Gasteiger partial charge in [-0.1, -0.05) is 6.07 Å². The van der Waals surface area contributed by atoms with E-state index in [1.165, 1.54) is 29.4 Å². The Morgan fingerprint density at radius 3 is 2.52 bits per heavy atom. The molecule has 2 aliphatic rings. The van der Waals surface area contributed by atoms with Gasteiger partial charge in [-0.25, -0.2) is 4.98 Å².